The molecule has 0 heterocycles. The maximum atomic E-state index is 5.53. The second kappa shape index (κ2) is 6.35. The molecule has 1 aliphatic carbocycles. The molecular weight excluding hydrogens is 174 g/mol. The minimum absolute atomic E-state index is 0.645. The average molecular weight is 191 g/mol. The largest absolute Gasteiger partial charge is 0.380 e. The lowest BCUT2D eigenvalue weighted by molar-refractivity contribution is 0.228. The molecule has 0 radical (unpaired) electrons. The van der Waals surface area contributed by atoms with E-state index in [1.54, 1.807) is 7.11 Å². The Morgan fingerprint density at radius 1 is 1.21 bits per heavy atom. The van der Waals surface area contributed by atoms with E-state index in [1.165, 1.54) is 11.1 Å². The van der Waals surface area contributed by atoms with E-state index in [4.69, 9.17) is 10.5 Å². The summed E-state index contributed by atoms with van der Waals surface area (Å²) in [7, 11) is 1.70. The molecule has 0 bridgehead atoms. The van der Waals surface area contributed by atoms with Crippen LogP contribution in [0, 0.1) is 0 Å². The molecule has 0 aromatic heterocycles. The number of hydrogen-bond donors (Lipinski definition) is 1. The predicted molar refractivity (Wildman–Crippen MR) is 60.0 cm³/mol. The molecule has 1 rings (SSSR count). The van der Waals surface area contributed by atoms with Crippen LogP contribution in [0.5, 0.6) is 0 Å². The molecule has 0 fully saturated rings. The second-order valence-electron chi connectivity index (χ2n) is 3.18. The van der Waals surface area contributed by atoms with Crippen molar-refractivity contribution in [3.63, 3.8) is 0 Å². The first kappa shape index (κ1) is 11.0. The van der Waals surface area contributed by atoms with Gasteiger partial charge in [-0.2, -0.15) is 0 Å². The number of hydrogen-bond acceptors (Lipinski definition) is 2. The molecule has 0 aliphatic heterocycles. The third kappa shape index (κ3) is 3.73. The molecule has 2 nitrogen and oxygen atoms in total. The van der Waals surface area contributed by atoms with Gasteiger partial charge in [0.25, 0.3) is 0 Å². The summed E-state index contributed by atoms with van der Waals surface area (Å²) in [6.45, 7) is 1.33. The molecule has 0 saturated heterocycles. The topological polar surface area (TPSA) is 35.2 Å². The van der Waals surface area contributed by atoms with E-state index in [-0.39, 0.29) is 0 Å². The highest BCUT2D eigenvalue weighted by atomic mass is 16.5. The summed E-state index contributed by atoms with van der Waals surface area (Å²) in [4.78, 5) is 0. The van der Waals surface area contributed by atoms with Gasteiger partial charge in [0.15, 0.2) is 0 Å². The third-order valence-corrected chi connectivity index (χ3v) is 1.96. The lowest BCUT2D eigenvalue weighted by atomic mass is 10.1. The van der Waals surface area contributed by atoms with E-state index < -0.39 is 0 Å². The highest BCUT2D eigenvalue weighted by Crippen LogP contribution is 2.10. The van der Waals surface area contributed by atoms with Crippen LogP contribution in [0.3, 0.4) is 0 Å². The van der Waals surface area contributed by atoms with Crippen LogP contribution in [0.1, 0.15) is 6.42 Å². The number of allylic oxidation sites excluding steroid dienone is 5. The number of ether oxygens (including phenoxy) is 1. The minimum Gasteiger partial charge on any atom is -0.380 e. The van der Waals surface area contributed by atoms with Crippen LogP contribution in [0.2, 0.25) is 0 Å². The fraction of sp³-hybridized carbons (Fsp3) is 0.333. The van der Waals surface area contributed by atoms with Crippen LogP contribution in [0.25, 0.3) is 0 Å². The van der Waals surface area contributed by atoms with Gasteiger partial charge in [-0.05, 0) is 24.1 Å². The van der Waals surface area contributed by atoms with Crippen LogP contribution in [0.15, 0.2) is 47.6 Å². The summed E-state index contributed by atoms with van der Waals surface area (Å²) in [5.41, 5.74) is 7.95. The zero-order valence-corrected chi connectivity index (χ0v) is 8.57. The van der Waals surface area contributed by atoms with Gasteiger partial charge < -0.3 is 10.5 Å². The Balaban J connectivity index is 2.76. The molecule has 1 aliphatic rings. The van der Waals surface area contributed by atoms with Crippen molar-refractivity contribution in [3.05, 3.63) is 47.6 Å². The van der Waals surface area contributed by atoms with Gasteiger partial charge >= 0.3 is 0 Å². The molecule has 76 valence electrons. The Labute approximate surface area is 85.4 Å². The molecule has 0 saturated carbocycles. The van der Waals surface area contributed by atoms with E-state index >= 15 is 0 Å². The van der Waals surface area contributed by atoms with Crippen molar-refractivity contribution < 1.29 is 4.74 Å². The molecule has 2 N–H and O–H groups in total. The smallest absolute Gasteiger partial charge is 0.0713 e. The van der Waals surface area contributed by atoms with Gasteiger partial charge in [-0.15, -0.1) is 0 Å². The molecule has 0 unspecified atom stereocenters. The van der Waals surface area contributed by atoms with Gasteiger partial charge in [0.1, 0.15) is 0 Å². The van der Waals surface area contributed by atoms with Crippen molar-refractivity contribution in [1.82, 2.24) is 0 Å². The van der Waals surface area contributed by atoms with Crippen LogP contribution in [-0.4, -0.2) is 20.3 Å². The Morgan fingerprint density at radius 2 is 2.07 bits per heavy atom. The van der Waals surface area contributed by atoms with E-state index in [0.29, 0.717) is 13.2 Å². The summed E-state index contributed by atoms with van der Waals surface area (Å²) >= 11 is 0. The van der Waals surface area contributed by atoms with E-state index in [2.05, 4.69) is 18.2 Å². The predicted octanol–water partition coefficient (Wildman–Crippen LogP) is 1.96. The summed E-state index contributed by atoms with van der Waals surface area (Å²) in [6, 6.07) is 0. The molecular formula is C12H17NO. The average Bonchev–Trinajstić information content (AvgIpc) is 2.13. The Hall–Kier alpha value is -1.12. The fourth-order valence-corrected chi connectivity index (χ4v) is 1.34. The zero-order valence-electron chi connectivity index (χ0n) is 8.57. The number of nitrogens with two attached hydrogens (primary N) is 1. The normalized spacial score (nSPS) is 20.4. The SMILES string of the molecule is COCC1=C/C=C\C=C/C(CCN)=C1. The molecule has 0 aromatic carbocycles. The Kier molecular flexibility index (Phi) is 4.97. The Bertz CT molecular complexity index is 278. The molecule has 2 heteroatoms. The van der Waals surface area contributed by atoms with E-state index in [9.17, 15) is 0 Å². The van der Waals surface area contributed by atoms with Crippen molar-refractivity contribution in [2.45, 2.75) is 6.42 Å². The quantitative estimate of drug-likeness (QED) is 0.737. The summed E-state index contributed by atoms with van der Waals surface area (Å²) in [5, 5.41) is 0. The minimum atomic E-state index is 0.645. The van der Waals surface area contributed by atoms with Crippen LogP contribution < -0.4 is 5.73 Å². The second-order valence-corrected chi connectivity index (χ2v) is 3.18. The van der Waals surface area contributed by atoms with Gasteiger partial charge in [-0.3, -0.25) is 0 Å². The van der Waals surface area contributed by atoms with Gasteiger partial charge in [-0.1, -0.05) is 36.5 Å². The van der Waals surface area contributed by atoms with Gasteiger partial charge in [0.2, 0.25) is 0 Å². The highest BCUT2D eigenvalue weighted by Gasteiger charge is 1.96. The van der Waals surface area contributed by atoms with Gasteiger partial charge in [0, 0.05) is 7.11 Å². The van der Waals surface area contributed by atoms with Crippen LogP contribution >= 0.6 is 0 Å². The first-order chi connectivity index (χ1) is 6.86. The zero-order chi connectivity index (χ0) is 10.2. The van der Waals surface area contributed by atoms with Crippen LogP contribution in [0.4, 0.5) is 0 Å². The molecule has 0 amide bonds. The van der Waals surface area contributed by atoms with Gasteiger partial charge in [0.05, 0.1) is 6.61 Å². The van der Waals surface area contributed by atoms with Crippen molar-refractivity contribution in [2.75, 3.05) is 20.3 Å². The van der Waals surface area contributed by atoms with Crippen molar-refractivity contribution in [2.24, 2.45) is 5.73 Å². The summed E-state index contributed by atoms with van der Waals surface area (Å²) < 4.78 is 5.10. The lowest BCUT2D eigenvalue weighted by Crippen LogP contribution is -2.00. The molecule has 0 atom stereocenters. The highest BCUT2D eigenvalue weighted by molar-refractivity contribution is 5.36. The summed E-state index contributed by atoms with van der Waals surface area (Å²) in [5.74, 6) is 0. The fourth-order valence-electron chi connectivity index (χ4n) is 1.34. The number of rotatable bonds is 4. The first-order valence-electron chi connectivity index (χ1n) is 4.80. The maximum Gasteiger partial charge on any atom is 0.0713 e. The standard InChI is InChI=1S/C12H17NO/c1-14-10-12-6-4-2-3-5-11(9-12)7-8-13/h2-6,9H,7-8,10,13H2,1H3/b3-2?,4-2-,5-3-,6-4?,11-5?,11-9?,12-6?,12-9?. The summed E-state index contributed by atoms with van der Waals surface area (Å²) in [6.07, 6.45) is 13.2. The van der Waals surface area contributed by atoms with E-state index in [0.717, 1.165) is 6.42 Å². The van der Waals surface area contributed by atoms with Gasteiger partial charge in [-0.25, -0.2) is 0 Å². The maximum absolute atomic E-state index is 5.53. The number of methoxy groups -OCH3 is 1. The third-order valence-electron chi connectivity index (χ3n) is 1.96. The van der Waals surface area contributed by atoms with Crippen molar-refractivity contribution in [3.8, 4) is 0 Å². The molecule has 0 aromatic rings. The lowest BCUT2D eigenvalue weighted by Gasteiger charge is -2.05. The molecule has 0 spiro atoms. The first-order valence-corrected chi connectivity index (χ1v) is 4.80. The molecule has 14 heavy (non-hydrogen) atoms. The van der Waals surface area contributed by atoms with Crippen molar-refractivity contribution >= 4 is 0 Å². The monoisotopic (exact) mass is 191 g/mol. The Morgan fingerprint density at radius 3 is 2.79 bits per heavy atom. The van der Waals surface area contributed by atoms with Crippen molar-refractivity contribution in [1.29, 1.82) is 0 Å². The van der Waals surface area contributed by atoms with Crippen LogP contribution in [-0.2, 0) is 4.74 Å². The van der Waals surface area contributed by atoms with E-state index in [1.807, 2.05) is 18.2 Å².